The minimum atomic E-state index is -0.428. The zero-order valence-electron chi connectivity index (χ0n) is 22.6. The minimum absolute atomic E-state index is 0.204. The summed E-state index contributed by atoms with van der Waals surface area (Å²) in [6.45, 7) is 13.9. The molecule has 0 aliphatic rings. The van der Waals surface area contributed by atoms with Crippen molar-refractivity contribution < 1.29 is 19.4 Å². The molecule has 4 aromatic rings. The van der Waals surface area contributed by atoms with E-state index in [0.29, 0.717) is 11.3 Å². The second kappa shape index (κ2) is 10.6. The Morgan fingerprint density at radius 2 is 0.921 bits per heavy atom. The Kier molecular flexibility index (Phi) is 7.45. The zero-order chi connectivity index (χ0) is 27.5. The SMILES string of the molecule is C=C(C)C(=O)Oc1ccc(C(C)(C)c2ccc(Oc3ccc(C(C)(C)c4ccc(O)cc4)cc3)cc2)cc1. The van der Waals surface area contributed by atoms with Crippen LogP contribution in [0.15, 0.2) is 109 Å². The molecule has 0 heterocycles. The summed E-state index contributed by atoms with van der Waals surface area (Å²) in [5.74, 6) is 1.86. The predicted molar refractivity (Wildman–Crippen MR) is 152 cm³/mol. The van der Waals surface area contributed by atoms with Crippen LogP contribution < -0.4 is 9.47 Å². The lowest BCUT2D eigenvalue weighted by Gasteiger charge is -2.27. The van der Waals surface area contributed by atoms with Gasteiger partial charge in [0.25, 0.3) is 0 Å². The third-order valence-electron chi connectivity index (χ3n) is 7.11. The lowest BCUT2D eigenvalue weighted by Crippen LogP contribution is -2.18. The standard InChI is InChI=1S/C34H34O4/c1-23(2)32(36)38-31-21-13-27(14-22-31)34(5,6)26-11-19-30(20-12-26)37-29-17-9-25(10-18-29)33(3,4)24-7-15-28(35)16-8-24/h7-22,35H,1H2,2-6H3. The Balaban J connectivity index is 1.44. The van der Waals surface area contributed by atoms with Crippen molar-refractivity contribution in [1.29, 1.82) is 0 Å². The van der Waals surface area contributed by atoms with Gasteiger partial charge >= 0.3 is 5.97 Å². The van der Waals surface area contributed by atoms with Crippen LogP contribution in [0.2, 0.25) is 0 Å². The van der Waals surface area contributed by atoms with Gasteiger partial charge in [-0.25, -0.2) is 4.79 Å². The van der Waals surface area contributed by atoms with Crippen LogP contribution in [0.5, 0.6) is 23.0 Å². The first-order valence-electron chi connectivity index (χ1n) is 12.6. The van der Waals surface area contributed by atoms with E-state index in [4.69, 9.17) is 9.47 Å². The van der Waals surface area contributed by atoms with Crippen LogP contribution in [0.3, 0.4) is 0 Å². The van der Waals surface area contributed by atoms with Crippen LogP contribution in [-0.2, 0) is 15.6 Å². The molecule has 4 heteroatoms. The molecular weight excluding hydrogens is 472 g/mol. The van der Waals surface area contributed by atoms with E-state index in [1.807, 2.05) is 60.7 Å². The highest BCUT2D eigenvalue weighted by molar-refractivity contribution is 5.88. The summed E-state index contributed by atoms with van der Waals surface area (Å²) >= 11 is 0. The Morgan fingerprint density at radius 3 is 1.26 bits per heavy atom. The Labute approximate surface area is 225 Å². The Hall–Kier alpha value is -4.31. The molecule has 0 aliphatic heterocycles. The largest absolute Gasteiger partial charge is 0.508 e. The number of phenols is 1. The first kappa shape index (κ1) is 26.7. The van der Waals surface area contributed by atoms with Crippen molar-refractivity contribution >= 4 is 5.97 Å². The lowest BCUT2D eigenvalue weighted by atomic mass is 9.78. The molecule has 4 nitrogen and oxygen atoms in total. The van der Waals surface area contributed by atoms with Crippen LogP contribution in [0.4, 0.5) is 0 Å². The zero-order valence-corrected chi connectivity index (χ0v) is 22.6. The third kappa shape index (κ3) is 5.81. The number of carbonyl (C=O) groups is 1. The second-order valence-corrected chi connectivity index (χ2v) is 10.6. The van der Waals surface area contributed by atoms with Crippen molar-refractivity contribution in [1.82, 2.24) is 0 Å². The van der Waals surface area contributed by atoms with E-state index in [1.54, 1.807) is 19.1 Å². The van der Waals surface area contributed by atoms with Crippen molar-refractivity contribution in [3.63, 3.8) is 0 Å². The molecule has 4 aromatic carbocycles. The number of carbonyl (C=O) groups excluding carboxylic acids is 1. The summed E-state index contributed by atoms with van der Waals surface area (Å²) in [6.07, 6.45) is 0. The number of phenolic OH excluding ortho intramolecular Hbond substituents is 1. The Bertz CT molecular complexity index is 1410. The van der Waals surface area contributed by atoms with E-state index < -0.39 is 5.97 Å². The smallest absolute Gasteiger partial charge is 0.338 e. The van der Waals surface area contributed by atoms with Gasteiger partial charge in [-0.3, -0.25) is 0 Å². The number of esters is 1. The minimum Gasteiger partial charge on any atom is -0.508 e. The summed E-state index contributed by atoms with van der Waals surface area (Å²) in [5.41, 5.74) is 4.44. The number of benzene rings is 4. The monoisotopic (exact) mass is 506 g/mol. The van der Waals surface area contributed by atoms with Gasteiger partial charge in [0, 0.05) is 16.4 Å². The van der Waals surface area contributed by atoms with Gasteiger partial charge in [-0.15, -0.1) is 0 Å². The Morgan fingerprint density at radius 1 is 0.605 bits per heavy atom. The lowest BCUT2D eigenvalue weighted by molar-refractivity contribution is -0.130. The summed E-state index contributed by atoms with van der Waals surface area (Å²) in [7, 11) is 0. The van der Waals surface area contributed by atoms with Crippen LogP contribution >= 0.6 is 0 Å². The topological polar surface area (TPSA) is 55.8 Å². The van der Waals surface area contributed by atoms with E-state index >= 15 is 0 Å². The van der Waals surface area contributed by atoms with E-state index in [-0.39, 0.29) is 16.6 Å². The van der Waals surface area contributed by atoms with Gasteiger partial charge in [0.1, 0.15) is 23.0 Å². The van der Waals surface area contributed by atoms with Crippen molar-refractivity contribution in [2.45, 2.75) is 45.4 Å². The maximum atomic E-state index is 11.8. The fourth-order valence-electron chi connectivity index (χ4n) is 4.36. The molecule has 4 rings (SSSR count). The van der Waals surface area contributed by atoms with Gasteiger partial charge in [-0.05, 0) is 77.7 Å². The fourth-order valence-corrected chi connectivity index (χ4v) is 4.36. The second-order valence-electron chi connectivity index (χ2n) is 10.6. The van der Waals surface area contributed by atoms with Gasteiger partial charge in [0.15, 0.2) is 0 Å². The predicted octanol–water partition coefficient (Wildman–Crippen LogP) is 8.32. The summed E-state index contributed by atoms with van der Waals surface area (Å²) < 4.78 is 11.4. The molecule has 0 spiro atoms. The van der Waals surface area contributed by atoms with E-state index in [2.05, 4.69) is 58.5 Å². The number of rotatable bonds is 8. The van der Waals surface area contributed by atoms with E-state index in [9.17, 15) is 9.90 Å². The highest BCUT2D eigenvalue weighted by atomic mass is 16.5. The molecule has 0 unspecified atom stereocenters. The molecule has 1 N–H and O–H groups in total. The van der Waals surface area contributed by atoms with Crippen molar-refractivity contribution in [2.75, 3.05) is 0 Å². The number of aromatic hydroxyl groups is 1. The highest BCUT2D eigenvalue weighted by Gasteiger charge is 2.24. The van der Waals surface area contributed by atoms with Crippen LogP contribution in [0, 0.1) is 0 Å². The maximum Gasteiger partial charge on any atom is 0.338 e. The first-order valence-corrected chi connectivity index (χ1v) is 12.6. The highest BCUT2D eigenvalue weighted by Crippen LogP contribution is 2.36. The van der Waals surface area contributed by atoms with Crippen molar-refractivity contribution in [3.05, 3.63) is 131 Å². The summed E-state index contributed by atoms with van der Waals surface area (Å²) in [6, 6.07) is 31.2. The number of hydrogen-bond donors (Lipinski definition) is 1. The number of ether oxygens (including phenoxy) is 2. The molecule has 38 heavy (non-hydrogen) atoms. The first-order chi connectivity index (χ1) is 18.0. The molecule has 0 saturated heterocycles. The number of hydrogen-bond acceptors (Lipinski definition) is 4. The molecule has 0 aliphatic carbocycles. The molecule has 0 saturated carbocycles. The molecule has 0 atom stereocenters. The van der Waals surface area contributed by atoms with Gasteiger partial charge in [0.05, 0.1) is 0 Å². The van der Waals surface area contributed by atoms with Crippen LogP contribution in [0.1, 0.15) is 56.9 Å². The molecular formula is C34H34O4. The molecule has 0 radical (unpaired) electrons. The molecule has 0 bridgehead atoms. The summed E-state index contributed by atoms with van der Waals surface area (Å²) in [4.78, 5) is 11.8. The average molecular weight is 507 g/mol. The third-order valence-corrected chi connectivity index (χ3v) is 7.11. The van der Waals surface area contributed by atoms with Gasteiger partial charge in [-0.1, -0.05) is 82.8 Å². The van der Waals surface area contributed by atoms with Crippen molar-refractivity contribution in [3.8, 4) is 23.0 Å². The maximum absolute atomic E-state index is 11.8. The molecule has 0 amide bonds. The van der Waals surface area contributed by atoms with Gasteiger partial charge < -0.3 is 14.6 Å². The van der Waals surface area contributed by atoms with Crippen molar-refractivity contribution in [2.24, 2.45) is 0 Å². The van der Waals surface area contributed by atoms with Gasteiger partial charge in [-0.2, -0.15) is 0 Å². The van der Waals surface area contributed by atoms with Gasteiger partial charge in [0.2, 0.25) is 0 Å². The van der Waals surface area contributed by atoms with E-state index in [1.165, 1.54) is 0 Å². The molecule has 194 valence electrons. The molecule has 0 fully saturated rings. The fraction of sp³-hybridized carbons (Fsp3) is 0.206. The van der Waals surface area contributed by atoms with Crippen LogP contribution in [0.25, 0.3) is 0 Å². The average Bonchev–Trinajstić information content (AvgIpc) is 2.90. The quantitative estimate of drug-likeness (QED) is 0.148. The summed E-state index contributed by atoms with van der Waals surface area (Å²) in [5, 5.41) is 9.61. The normalized spacial score (nSPS) is 11.6. The van der Waals surface area contributed by atoms with E-state index in [0.717, 1.165) is 33.8 Å². The molecule has 0 aromatic heterocycles. The van der Waals surface area contributed by atoms with Crippen LogP contribution in [-0.4, -0.2) is 11.1 Å².